The van der Waals surface area contributed by atoms with Gasteiger partial charge in [-0.2, -0.15) is 0 Å². The second-order valence-electron chi connectivity index (χ2n) is 6.08. The molecule has 1 aromatic carbocycles. The lowest BCUT2D eigenvalue weighted by molar-refractivity contribution is 0.126. The first kappa shape index (κ1) is 11.3. The Kier molecular flexibility index (Phi) is 2.74. The zero-order valence-electron chi connectivity index (χ0n) is 10.5. The molecule has 0 unspecified atom stereocenters. The Hall–Kier alpha value is -0.820. The molecule has 0 aromatic heterocycles. The normalized spacial score (nSPS) is 24.8. The van der Waals surface area contributed by atoms with E-state index < -0.39 is 0 Å². The third-order valence-corrected chi connectivity index (χ3v) is 4.84. The molecule has 17 heavy (non-hydrogen) atoms. The molecule has 1 aromatic rings. The van der Waals surface area contributed by atoms with E-state index in [1.54, 1.807) is 0 Å². The van der Waals surface area contributed by atoms with E-state index in [0.29, 0.717) is 5.41 Å². The molecule has 1 heteroatoms. The molecule has 92 valence electrons. The first-order chi connectivity index (χ1) is 8.23. The number of rotatable bonds is 4. The van der Waals surface area contributed by atoms with Crippen LogP contribution in [0.3, 0.4) is 0 Å². The molecule has 2 aliphatic carbocycles. The van der Waals surface area contributed by atoms with Crippen LogP contribution in [-0.4, -0.2) is 10.7 Å². The molecular weight excluding hydrogens is 208 g/mol. The van der Waals surface area contributed by atoms with E-state index in [9.17, 15) is 5.11 Å². The van der Waals surface area contributed by atoms with E-state index in [1.807, 2.05) is 0 Å². The van der Waals surface area contributed by atoms with E-state index in [1.165, 1.54) is 37.7 Å². The molecule has 0 atom stereocenters. The van der Waals surface area contributed by atoms with Crippen molar-refractivity contribution in [1.29, 1.82) is 0 Å². The van der Waals surface area contributed by atoms with Crippen LogP contribution in [0, 0.1) is 0 Å². The maximum Gasteiger partial charge on any atom is 0.0650 e. The van der Waals surface area contributed by atoms with Crippen LogP contribution >= 0.6 is 0 Å². The second kappa shape index (κ2) is 4.13. The summed E-state index contributed by atoms with van der Waals surface area (Å²) in [5, 5.41) is 10.1. The third-order valence-electron chi connectivity index (χ3n) is 4.84. The van der Waals surface area contributed by atoms with Crippen molar-refractivity contribution in [3.05, 3.63) is 35.9 Å². The molecule has 2 saturated carbocycles. The lowest BCUT2D eigenvalue weighted by atomic mass is 9.74. The fraction of sp³-hybridized carbons (Fsp3) is 0.625. The smallest absolute Gasteiger partial charge is 0.0650 e. The molecule has 2 fully saturated rings. The molecule has 2 aliphatic rings. The molecule has 1 nitrogen and oxygen atoms in total. The summed E-state index contributed by atoms with van der Waals surface area (Å²) in [4.78, 5) is 0. The van der Waals surface area contributed by atoms with Crippen LogP contribution in [-0.2, 0) is 5.41 Å². The minimum absolute atomic E-state index is 0.287. The molecule has 0 aliphatic heterocycles. The number of aliphatic hydroxyl groups is 1. The fourth-order valence-electron chi connectivity index (χ4n) is 3.39. The van der Waals surface area contributed by atoms with Gasteiger partial charge < -0.3 is 5.11 Å². The van der Waals surface area contributed by atoms with Gasteiger partial charge in [-0.1, -0.05) is 43.2 Å². The summed E-state index contributed by atoms with van der Waals surface area (Å²) >= 11 is 0. The topological polar surface area (TPSA) is 20.2 Å². The van der Waals surface area contributed by atoms with Crippen LogP contribution in [0.4, 0.5) is 0 Å². The Morgan fingerprint density at radius 3 is 2.12 bits per heavy atom. The van der Waals surface area contributed by atoms with Gasteiger partial charge in [0.25, 0.3) is 0 Å². The summed E-state index contributed by atoms with van der Waals surface area (Å²) in [6.45, 7) is 0. The molecule has 1 N–H and O–H groups in total. The van der Waals surface area contributed by atoms with Crippen LogP contribution in [0.5, 0.6) is 0 Å². The molecule has 0 bridgehead atoms. The predicted octanol–water partition coefficient (Wildman–Crippen LogP) is 3.80. The average Bonchev–Trinajstić information content (AvgIpc) is 2.94. The standard InChI is InChI=1S/C16H22O/c17-16(12-13-16)11-10-15(8-4-5-9-15)14-6-2-1-3-7-14/h1-3,6-7,17H,4-5,8-13H2. The van der Waals surface area contributed by atoms with E-state index in [2.05, 4.69) is 30.3 Å². The van der Waals surface area contributed by atoms with Gasteiger partial charge in [0, 0.05) is 0 Å². The minimum atomic E-state index is -0.287. The van der Waals surface area contributed by atoms with Crippen LogP contribution in [0.1, 0.15) is 56.9 Å². The highest BCUT2D eigenvalue weighted by Gasteiger charge is 2.43. The van der Waals surface area contributed by atoms with Crippen LogP contribution in [0.25, 0.3) is 0 Å². The quantitative estimate of drug-likeness (QED) is 0.834. The molecule has 0 amide bonds. The first-order valence-electron chi connectivity index (χ1n) is 7.01. The lowest BCUT2D eigenvalue weighted by Gasteiger charge is -2.30. The largest absolute Gasteiger partial charge is 0.390 e. The van der Waals surface area contributed by atoms with Crippen LogP contribution in [0.15, 0.2) is 30.3 Å². The second-order valence-corrected chi connectivity index (χ2v) is 6.08. The first-order valence-corrected chi connectivity index (χ1v) is 7.01. The van der Waals surface area contributed by atoms with E-state index in [4.69, 9.17) is 0 Å². The molecular formula is C16H22O. The van der Waals surface area contributed by atoms with Gasteiger partial charge in [-0.3, -0.25) is 0 Å². The summed E-state index contributed by atoms with van der Waals surface area (Å²) in [6.07, 6.45) is 9.56. The van der Waals surface area contributed by atoms with E-state index in [-0.39, 0.29) is 5.60 Å². The van der Waals surface area contributed by atoms with Crippen molar-refractivity contribution in [2.24, 2.45) is 0 Å². The summed E-state index contributed by atoms with van der Waals surface area (Å²) < 4.78 is 0. The SMILES string of the molecule is OC1(CCC2(c3ccccc3)CCCC2)CC1. The zero-order chi connectivity index (χ0) is 11.8. The average molecular weight is 230 g/mol. The van der Waals surface area contributed by atoms with Gasteiger partial charge in [-0.25, -0.2) is 0 Å². The highest BCUT2D eigenvalue weighted by molar-refractivity contribution is 5.26. The summed E-state index contributed by atoms with van der Waals surface area (Å²) in [6, 6.07) is 11.0. The molecule has 3 rings (SSSR count). The zero-order valence-corrected chi connectivity index (χ0v) is 10.5. The molecule has 0 radical (unpaired) electrons. The van der Waals surface area contributed by atoms with Crippen molar-refractivity contribution in [3.8, 4) is 0 Å². The van der Waals surface area contributed by atoms with Crippen molar-refractivity contribution < 1.29 is 5.11 Å². The molecule has 0 saturated heterocycles. The molecule has 0 heterocycles. The van der Waals surface area contributed by atoms with Gasteiger partial charge in [0.1, 0.15) is 0 Å². The van der Waals surface area contributed by atoms with Crippen molar-refractivity contribution in [2.45, 2.75) is 62.4 Å². The van der Waals surface area contributed by atoms with E-state index >= 15 is 0 Å². The Labute approximate surface area is 104 Å². The maximum absolute atomic E-state index is 10.1. The van der Waals surface area contributed by atoms with Crippen molar-refractivity contribution >= 4 is 0 Å². The van der Waals surface area contributed by atoms with Crippen LogP contribution < -0.4 is 0 Å². The monoisotopic (exact) mass is 230 g/mol. The summed E-state index contributed by atoms with van der Waals surface area (Å²) in [5.41, 5.74) is 1.59. The maximum atomic E-state index is 10.1. The Balaban J connectivity index is 1.78. The number of benzene rings is 1. The van der Waals surface area contributed by atoms with Gasteiger partial charge in [0.05, 0.1) is 5.60 Å². The van der Waals surface area contributed by atoms with Gasteiger partial charge in [-0.15, -0.1) is 0 Å². The number of hydrogen-bond donors (Lipinski definition) is 1. The highest BCUT2D eigenvalue weighted by Crippen LogP contribution is 2.49. The van der Waals surface area contributed by atoms with E-state index in [0.717, 1.165) is 19.3 Å². The number of hydrogen-bond acceptors (Lipinski definition) is 1. The van der Waals surface area contributed by atoms with Crippen molar-refractivity contribution in [2.75, 3.05) is 0 Å². The van der Waals surface area contributed by atoms with Gasteiger partial charge in [0.2, 0.25) is 0 Å². The highest BCUT2D eigenvalue weighted by atomic mass is 16.3. The predicted molar refractivity (Wildman–Crippen MR) is 70.0 cm³/mol. The Morgan fingerprint density at radius 2 is 1.53 bits per heavy atom. The van der Waals surface area contributed by atoms with Crippen LogP contribution in [0.2, 0.25) is 0 Å². The van der Waals surface area contributed by atoms with Crippen molar-refractivity contribution in [3.63, 3.8) is 0 Å². The Morgan fingerprint density at radius 1 is 0.882 bits per heavy atom. The van der Waals surface area contributed by atoms with Gasteiger partial charge in [-0.05, 0) is 49.5 Å². The summed E-state index contributed by atoms with van der Waals surface area (Å²) in [5.74, 6) is 0. The third kappa shape index (κ3) is 2.26. The lowest BCUT2D eigenvalue weighted by Crippen LogP contribution is -2.24. The fourth-order valence-corrected chi connectivity index (χ4v) is 3.39. The van der Waals surface area contributed by atoms with Gasteiger partial charge in [0.15, 0.2) is 0 Å². The molecule has 0 spiro atoms. The minimum Gasteiger partial charge on any atom is -0.390 e. The Bertz CT molecular complexity index is 372. The van der Waals surface area contributed by atoms with Crippen molar-refractivity contribution in [1.82, 2.24) is 0 Å². The van der Waals surface area contributed by atoms with Gasteiger partial charge >= 0.3 is 0 Å². The summed E-state index contributed by atoms with van der Waals surface area (Å²) in [7, 11) is 0.